The van der Waals surface area contributed by atoms with E-state index < -0.39 is 11.9 Å². The van der Waals surface area contributed by atoms with Gasteiger partial charge in [-0.3, -0.25) is 0 Å². The maximum atomic E-state index is 10.8. The molecule has 0 aliphatic rings. The van der Waals surface area contributed by atoms with E-state index >= 15 is 0 Å². The summed E-state index contributed by atoms with van der Waals surface area (Å²) in [4.78, 5) is 21.4. The summed E-state index contributed by atoms with van der Waals surface area (Å²) >= 11 is 3.84. The van der Waals surface area contributed by atoms with Gasteiger partial charge in [-0.05, 0) is 6.92 Å². The van der Waals surface area contributed by atoms with Gasteiger partial charge in [0, 0.05) is 17.9 Å². The van der Waals surface area contributed by atoms with Crippen molar-refractivity contribution in [3.63, 3.8) is 0 Å². The van der Waals surface area contributed by atoms with Crippen LogP contribution in [0.4, 0.5) is 0 Å². The quantitative estimate of drug-likeness (QED) is 0.404. The van der Waals surface area contributed by atoms with Crippen molar-refractivity contribution >= 4 is 24.6 Å². The number of thiol groups is 1. The first kappa shape index (κ1) is 12.0. The zero-order valence-corrected chi connectivity index (χ0v) is 8.25. The first-order valence-corrected chi connectivity index (χ1v) is 4.46. The molecule has 0 unspecified atom stereocenters. The molecule has 0 fully saturated rings. The summed E-state index contributed by atoms with van der Waals surface area (Å²) < 4.78 is 9.16. The molecule has 0 aromatic carbocycles. The molecule has 13 heavy (non-hydrogen) atoms. The molecular weight excluding hydrogens is 192 g/mol. The van der Waals surface area contributed by atoms with Gasteiger partial charge in [0.1, 0.15) is 6.61 Å². The average Bonchev–Trinajstić information content (AvgIpc) is 2.12. The highest BCUT2D eigenvalue weighted by Gasteiger charge is 1.98. The Morgan fingerprint density at radius 2 is 1.77 bits per heavy atom. The van der Waals surface area contributed by atoms with Gasteiger partial charge in [-0.15, -0.1) is 0 Å². The van der Waals surface area contributed by atoms with E-state index in [1.165, 1.54) is 0 Å². The van der Waals surface area contributed by atoms with Crippen LogP contribution in [0.2, 0.25) is 0 Å². The summed E-state index contributed by atoms with van der Waals surface area (Å²) in [6.07, 6.45) is 2.06. The molecule has 0 amide bonds. The van der Waals surface area contributed by atoms with Crippen LogP contribution in [0.3, 0.4) is 0 Å². The minimum atomic E-state index is -0.567. The molecule has 0 N–H and O–H groups in total. The highest BCUT2D eigenvalue weighted by Crippen LogP contribution is 1.86. The molecule has 0 saturated carbocycles. The largest absolute Gasteiger partial charge is 0.463 e. The van der Waals surface area contributed by atoms with Gasteiger partial charge in [0.05, 0.1) is 6.61 Å². The minimum Gasteiger partial charge on any atom is -0.463 e. The predicted molar refractivity (Wildman–Crippen MR) is 50.6 cm³/mol. The number of rotatable bonds is 5. The Morgan fingerprint density at radius 3 is 2.23 bits per heavy atom. The van der Waals surface area contributed by atoms with Crippen LogP contribution in [0.1, 0.15) is 6.92 Å². The lowest BCUT2D eigenvalue weighted by atomic mass is 10.5. The Morgan fingerprint density at radius 1 is 1.23 bits per heavy atom. The van der Waals surface area contributed by atoms with Crippen LogP contribution in [0.15, 0.2) is 12.2 Å². The first-order chi connectivity index (χ1) is 6.20. The molecule has 0 rings (SSSR count). The van der Waals surface area contributed by atoms with Crippen LogP contribution in [0.5, 0.6) is 0 Å². The third kappa shape index (κ3) is 7.39. The van der Waals surface area contributed by atoms with Gasteiger partial charge in [0.25, 0.3) is 0 Å². The SMILES string of the molecule is CCOC(=O)/C=C/C(=O)OCCS. The number of ether oxygens (including phenoxy) is 2. The Hall–Kier alpha value is -0.970. The van der Waals surface area contributed by atoms with Crippen LogP contribution in [-0.2, 0) is 19.1 Å². The van der Waals surface area contributed by atoms with Crippen molar-refractivity contribution in [2.45, 2.75) is 6.92 Å². The molecule has 0 atom stereocenters. The fraction of sp³-hybridized carbons (Fsp3) is 0.500. The van der Waals surface area contributed by atoms with E-state index in [9.17, 15) is 9.59 Å². The van der Waals surface area contributed by atoms with Crippen molar-refractivity contribution in [3.8, 4) is 0 Å². The Bertz CT molecular complexity index is 200. The van der Waals surface area contributed by atoms with Crippen LogP contribution in [0.25, 0.3) is 0 Å². The molecule has 0 bridgehead atoms. The molecule has 74 valence electrons. The second-order valence-electron chi connectivity index (χ2n) is 1.98. The molecule has 4 nitrogen and oxygen atoms in total. The molecule has 0 aromatic rings. The standard InChI is InChI=1S/C8H12O4S/c1-2-11-7(9)3-4-8(10)12-5-6-13/h3-4,13H,2,5-6H2,1H3/b4-3+. The smallest absolute Gasteiger partial charge is 0.331 e. The fourth-order valence-corrected chi connectivity index (χ4v) is 0.612. The number of hydrogen-bond donors (Lipinski definition) is 1. The minimum absolute atomic E-state index is 0.231. The Kier molecular flexibility index (Phi) is 7.10. The second kappa shape index (κ2) is 7.67. The number of esters is 2. The zero-order valence-electron chi connectivity index (χ0n) is 7.36. The van der Waals surface area contributed by atoms with Crippen molar-refractivity contribution < 1.29 is 19.1 Å². The molecule has 0 aliphatic heterocycles. The number of hydrogen-bond acceptors (Lipinski definition) is 5. The molecule has 0 saturated heterocycles. The molecule has 5 heteroatoms. The van der Waals surface area contributed by atoms with E-state index in [1.807, 2.05) is 0 Å². The summed E-state index contributed by atoms with van der Waals surface area (Å²) in [6, 6.07) is 0. The summed E-state index contributed by atoms with van der Waals surface area (Å²) in [7, 11) is 0. The molecular formula is C8H12O4S. The lowest BCUT2D eigenvalue weighted by Gasteiger charge is -1.97. The van der Waals surface area contributed by atoms with E-state index in [1.54, 1.807) is 6.92 Å². The fourth-order valence-electron chi connectivity index (χ4n) is 0.521. The third-order valence-corrected chi connectivity index (χ3v) is 1.16. The molecule has 0 radical (unpaired) electrons. The van der Waals surface area contributed by atoms with E-state index in [-0.39, 0.29) is 13.2 Å². The van der Waals surface area contributed by atoms with E-state index in [0.29, 0.717) is 5.75 Å². The van der Waals surface area contributed by atoms with Crippen LogP contribution in [0, 0.1) is 0 Å². The third-order valence-electron chi connectivity index (χ3n) is 0.978. The topological polar surface area (TPSA) is 52.6 Å². The summed E-state index contributed by atoms with van der Waals surface area (Å²) in [6.45, 7) is 2.20. The lowest BCUT2D eigenvalue weighted by Crippen LogP contribution is -2.05. The zero-order chi connectivity index (χ0) is 10.1. The Balaban J connectivity index is 3.69. The van der Waals surface area contributed by atoms with Crippen LogP contribution < -0.4 is 0 Å². The Labute approximate surface area is 82.3 Å². The maximum Gasteiger partial charge on any atom is 0.331 e. The van der Waals surface area contributed by atoms with Gasteiger partial charge >= 0.3 is 11.9 Å². The lowest BCUT2D eigenvalue weighted by molar-refractivity contribution is -0.139. The molecule has 0 heterocycles. The average molecular weight is 204 g/mol. The van der Waals surface area contributed by atoms with Crippen molar-refractivity contribution in [1.29, 1.82) is 0 Å². The molecule has 0 aliphatic carbocycles. The predicted octanol–water partition coefficient (Wildman–Crippen LogP) is 0.579. The number of carbonyl (C=O) groups is 2. The van der Waals surface area contributed by atoms with Gasteiger partial charge in [-0.1, -0.05) is 0 Å². The summed E-state index contributed by atoms with van der Waals surface area (Å²) in [5.41, 5.74) is 0. The maximum absolute atomic E-state index is 10.8. The normalized spacial score (nSPS) is 10.0. The van der Waals surface area contributed by atoms with Crippen molar-refractivity contribution in [2.75, 3.05) is 19.0 Å². The summed E-state index contributed by atoms with van der Waals surface area (Å²) in [5, 5.41) is 0. The molecule has 0 aromatic heterocycles. The van der Waals surface area contributed by atoms with Gasteiger partial charge in [0.2, 0.25) is 0 Å². The highest BCUT2D eigenvalue weighted by molar-refractivity contribution is 7.80. The number of carbonyl (C=O) groups excluding carboxylic acids is 2. The van der Waals surface area contributed by atoms with Gasteiger partial charge < -0.3 is 9.47 Å². The van der Waals surface area contributed by atoms with E-state index in [0.717, 1.165) is 12.2 Å². The molecule has 0 spiro atoms. The van der Waals surface area contributed by atoms with E-state index in [2.05, 4.69) is 22.1 Å². The monoisotopic (exact) mass is 204 g/mol. The van der Waals surface area contributed by atoms with Gasteiger partial charge in [-0.25, -0.2) is 9.59 Å². The van der Waals surface area contributed by atoms with Crippen molar-refractivity contribution in [2.24, 2.45) is 0 Å². The van der Waals surface area contributed by atoms with Crippen LogP contribution in [-0.4, -0.2) is 30.9 Å². The van der Waals surface area contributed by atoms with Gasteiger partial charge in [-0.2, -0.15) is 12.6 Å². The highest BCUT2D eigenvalue weighted by atomic mass is 32.1. The van der Waals surface area contributed by atoms with Gasteiger partial charge in [0.15, 0.2) is 0 Å². The summed E-state index contributed by atoms with van der Waals surface area (Å²) in [5.74, 6) is -0.661. The second-order valence-corrected chi connectivity index (χ2v) is 2.42. The van der Waals surface area contributed by atoms with Crippen LogP contribution >= 0.6 is 12.6 Å². The van der Waals surface area contributed by atoms with Crippen molar-refractivity contribution in [3.05, 3.63) is 12.2 Å². The van der Waals surface area contributed by atoms with E-state index in [4.69, 9.17) is 0 Å². The van der Waals surface area contributed by atoms with Crippen molar-refractivity contribution in [1.82, 2.24) is 0 Å². The first-order valence-electron chi connectivity index (χ1n) is 3.83.